The summed E-state index contributed by atoms with van der Waals surface area (Å²) in [5.74, 6) is -2.67. The van der Waals surface area contributed by atoms with Crippen molar-refractivity contribution in [3.05, 3.63) is 41.0 Å². The van der Waals surface area contributed by atoms with Crippen LogP contribution in [0, 0.1) is 35.2 Å². The van der Waals surface area contributed by atoms with Crippen molar-refractivity contribution < 1.29 is 17.6 Å². The number of halogens is 4. The summed E-state index contributed by atoms with van der Waals surface area (Å²) in [6, 6.07) is 1.80. The van der Waals surface area contributed by atoms with Crippen LogP contribution in [0.15, 0.2) is 18.0 Å². The molecule has 4 heteroatoms. The fourth-order valence-corrected chi connectivity index (χ4v) is 4.11. The zero-order valence-corrected chi connectivity index (χ0v) is 13.3. The number of hydrogen-bond donors (Lipinski definition) is 0. The molecule has 1 fully saturated rings. The van der Waals surface area contributed by atoms with Crippen LogP contribution in [0.2, 0.25) is 0 Å². The highest BCUT2D eigenvalue weighted by Crippen LogP contribution is 2.44. The number of allylic oxidation sites excluding steroid dienone is 2. The van der Waals surface area contributed by atoms with Crippen LogP contribution >= 0.6 is 0 Å². The molecule has 1 atom stereocenters. The Kier molecular flexibility index (Phi) is 4.79. The van der Waals surface area contributed by atoms with Gasteiger partial charge >= 0.3 is 0 Å². The molecule has 126 valence electrons. The van der Waals surface area contributed by atoms with Crippen molar-refractivity contribution in [1.82, 2.24) is 0 Å². The van der Waals surface area contributed by atoms with Crippen LogP contribution in [0.4, 0.5) is 17.6 Å². The van der Waals surface area contributed by atoms with Crippen molar-refractivity contribution in [3.8, 4) is 0 Å². The zero-order valence-electron chi connectivity index (χ0n) is 13.3. The summed E-state index contributed by atoms with van der Waals surface area (Å²) in [4.78, 5) is 0. The molecule has 23 heavy (non-hydrogen) atoms. The molecule has 0 bridgehead atoms. The van der Waals surface area contributed by atoms with Gasteiger partial charge in [0.25, 0.3) is 0 Å². The van der Waals surface area contributed by atoms with Crippen LogP contribution < -0.4 is 0 Å². The van der Waals surface area contributed by atoms with Gasteiger partial charge in [0.2, 0.25) is 0 Å². The van der Waals surface area contributed by atoms with Crippen LogP contribution in [0.1, 0.15) is 57.4 Å². The summed E-state index contributed by atoms with van der Waals surface area (Å²) in [5, 5.41) is 0. The summed E-state index contributed by atoms with van der Waals surface area (Å²) in [5.41, 5.74) is 0.470. The van der Waals surface area contributed by atoms with Gasteiger partial charge in [-0.05, 0) is 66.7 Å². The third kappa shape index (κ3) is 3.46. The summed E-state index contributed by atoms with van der Waals surface area (Å²) in [6.45, 7) is 2.26. The molecule has 0 radical (unpaired) electrons. The molecule has 1 saturated carbocycles. The lowest BCUT2D eigenvalue weighted by Gasteiger charge is -2.35. The normalized spacial score (nSPS) is 29.0. The third-order valence-corrected chi connectivity index (χ3v) is 5.59. The number of hydrogen-bond acceptors (Lipinski definition) is 0. The van der Waals surface area contributed by atoms with Crippen molar-refractivity contribution in [2.75, 3.05) is 0 Å². The van der Waals surface area contributed by atoms with Gasteiger partial charge in [0.05, 0.1) is 0 Å². The van der Waals surface area contributed by atoms with E-state index in [1.807, 2.05) is 0 Å². The Morgan fingerprint density at radius 1 is 0.826 bits per heavy atom. The first-order valence-corrected chi connectivity index (χ1v) is 8.48. The molecule has 0 nitrogen and oxygen atoms in total. The Morgan fingerprint density at radius 3 is 2.00 bits per heavy atom. The lowest BCUT2D eigenvalue weighted by Crippen LogP contribution is -2.23. The highest BCUT2D eigenvalue weighted by molar-refractivity contribution is 5.68. The maximum absolute atomic E-state index is 14.5. The van der Waals surface area contributed by atoms with Crippen molar-refractivity contribution >= 4 is 5.57 Å². The van der Waals surface area contributed by atoms with Crippen LogP contribution in [-0.4, -0.2) is 0 Å². The van der Waals surface area contributed by atoms with Crippen LogP contribution in [0.5, 0.6) is 0 Å². The molecule has 0 spiro atoms. The second-order valence-electron chi connectivity index (χ2n) is 7.16. The summed E-state index contributed by atoms with van der Waals surface area (Å²) in [7, 11) is 0. The Labute approximate surface area is 134 Å². The fraction of sp³-hybridized carbons (Fsp3) is 0.579. The quantitative estimate of drug-likeness (QED) is 0.435. The van der Waals surface area contributed by atoms with Gasteiger partial charge in [-0.1, -0.05) is 19.8 Å². The monoisotopic (exact) mass is 326 g/mol. The standard InChI is InChI=1S/C19H22F4/c1-11-2-4-12(5-3-11)13-6-7-15(16(20)8-13)14-9-17(21)19(23)18(22)10-14/h9-13H,2-8H2,1H3. The van der Waals surface area contributed by atoms with E-state index < -0.39 is 17.5 Å². The molecule has 0 amide bonds. The summed E-state index contributed by atoms with van der Waals surface area (Å²) in [6.07, 6.45) is 6.34. The van der Waals surface area contributed by atoms with Gasteiger partial charge in [0, 0.05) is 6.42 Å². The molecule has 0 saturated heterocycles. The van der Waals surface area contributed by atoms with Gasteiger partial charge < -0.3 is 0 Å². The molecule has 1 aromatic rings. The topological polar surface area (TPSA) is 0 Å². The predicted octanol–water partition coefficient (Wildman–Crippen LogP) is 6.41. The highest BCUT2D eigenvalue weighted by atomic mass is 19.2. The molecule has 2 aliphatic rings. The average Bonchev–Trinajstić information content (AvgIpc) is 2.53. The van der Waals surface area contributed by atoms with Crippen LogP contribution in [0.25, 0.3) is 5.57 Å². The zero-order chi connectivity index (χ0) is 16.6. The van der Waals surface area contributed by atoms with Crippen molar-refractivity contribution in [2.45, 2.75) is 51.9 Å². The Morgan fingerprint density at radius 2 is 1.43 bits per heavy atom. The van der Waals surface area contributed by atoms with E-state index in [0.29, 0.717) is 30.3 Å². The minimum atomic E-state index is -1.50. The second-order valence-corrected chi connectivity index (χ2v) is 7.16. The molecule has 2 aliphatic carbocycles. The van der Waals surface area contributed by atoms with E-state index in [4.69, 9.17) is 0 Å². The van der Waals surface area contributed by atoms with Gasteiger partial charge in [0.1, 0.15) is 5.83 Å². The third-order valence-electron chi connectivity index (χ3n) is 5.59. The first-order valence-electron chi connectivity index (χ1n) is 8.48. The lowest BCUT2D eigenvalue weighted by atomic mass is 9.71. The molecular formula is C19H22F4. The van der Waals surface area contributed by atoms with Crippen LogP contribution in [0.3, 0.4) is 0 Å². The predicted molar refractivity (Wildman–Crippen MR) is 82.8 cm³/mol. The molecular weight excluding hydrogens is 304 g/mol. The van der Waals surface area contributed by atoms with Crippen molar-refractivity contribution in [2.24, 2.45) is 17.8 Å². The SMILES string of the molecule is CC1CCC(C2CCC(c3cc(F)c(F)c(F)c3)=C(F)C2)CC1. The first-order chi connectivity index (χ1) is 11.0. The molecule has 3 rings (SSSR count). The van der Waals surface area contributed by atoms with Gasteiger partial charge in [-0.3, -0.25) is 0 Å². The van der Waals surface area contributed by atoms with Gasteiger partial charge in [-0.25, -0.2) is 17.6 Å². The lowest BCUT2D eigenvalue weighted by molar-refractivity contribution is 0.192. The van der Waals surface area contributed by atoms with Gasteiger partial charge in [-0.15, -0.1) is 0 Å². The molecule has 0 heterocycles. The largest absolute Gasteiger partial charge is 0.211 e. The van der Waals surface area contributed by atoms with E-state index in [-0.39, 0.29) is 11.4 Å². The molecule has 1 aromatic carbocycles. The van der Waals surface area contributed by atoms with Gasteiger partial charge in [-0.2, -0.15) is 0 Å². The minimum absolute atomic E-state index is 0.134. The first kappa shape index (κ1) is 16.5. The van der Waals surface area contributed by atoms with E-state index >= 15 is 0 Å². The fourth-order valence-electron chi connectivity index (χ4n) is 4.11. The molecule has 0 aromatic heterocycles. The van der Waals surface area contributed by atoms with Gasteiger partial charge in [0.15, 0.2) is 17.5 Å². The summed E-state index contributed by atoms with van der Waals surface area (Å²) < 4.78 is 54.3. The average molecular weight is 326 g/mol. The number of rotatable bonds is 2. The Balaban J connectivity index is 1.77. The van der Waals surface area contributed by atoms with E-state index in [2.05, 4.69) is 6.92 Å². The molecule has 0 aliphatic heterocycles. The Bertz CT molecular complexity index is 589. The highest BCUT2D eigenvalue weighted by Gasteiger charge is 2.31. The van der Waals surface area contributed by atoms with E-state index in [9.17, 15) is 17.6 Å². The molecule has 1 unspecified atom stereocenters. The maximum Gasteiger partial charge on any atom is 0.194 e. The van der Waals surface area contributed by atoms with Crippen molar-refractivity contribution in [1.29, 1.82) is 0 Å². The smallest absolute Gasteiger partial charge is 0.194 e. The van der Waals surface area contributed by atoms with Crippen molar-refractivity contribution in [3.63, 3.8) is 0 Å². The minimum Gasteiger partial charge on any atom is -0.211 e. The van der Waals surface area contributed by atoms with E-state index in [0.717, 1.165) is 37.3 Å². The number of benzene rings is 1. The Hall–Kier alpha value is -1.32. The van der Waals surface area contributed by atoms with Crippen LogP contribution in [-0.2, 0) is 0 Å². The van der Waals surface area contributed by atoms with E-state index in [1.165, 1.54) is 12.8 Å². The van der Waals surface area contributed by atoms with E-state index in [1.54, 1.807) is 0 Å². The second kappa shape index (κ2) is 6.66. The summed E-state index contributed by atoms with van der Waals surface area (Å²) >= 11 is 0. The maximum atomic E-state index is 14.5. The molecule has 0 N–H and O–H groups in total.